The van der Waals surface area contributed by atoms with E-state index in [4.69, 9.17) is 5.11 Å². The number of hydrogen-bond acceptors (Lipinski definition) is 3. The summed E-state index contributed by atoms with van der Waals surface area (Å²) in [6, 6.07) is 1.22. The first-order valence-electron chi connectivity index (χ1n) is 5.79. The first-order chi connectivity index (χ1) is 9.31. The Balaban J connectivity index is 2.77. The molecule has 0 aliphatic rings. The smallest absolute Gasteiger partial charge is 0.326 e. The number of amides is 1. The first-order valence-corrected chi connectivity index (χ1v) is 5.79. The number of carbonyl (C=O) groups is 3. The minimum atomic E-state index is -1.30. The molecule has 2 N–H and O–H groups in total. The lowest BCUT2D eigenvalue weighted by Crippen LogP contribution is -2.41. The van der Waals surface area contributed by atoms with Crippen molar-refractivity contribution >= 4 is 17.7 Å². The Morgan fingerprint density at radius 2 is 1.90 bits per heavy atom. The maximum absolute atomic E-state index is 13.0. The Bertz CT molecular complexity index is 545. The van der Waals surface area contributed by atoms with Gasteiger partial charge in [-0.25, -0.2) is 13.6 Å². The van der Waals surface area contributed by atoms with Crippen LogP contribution in [-0.2, 0) is 9.59 Å². The molecule has 5 nitrogen and oxygen atoms in total. The second-order valence-corrected chi connectivity index (χ2v) is 4.23. The maximum Gasteiger partial charge on any atom is 0.326 e. The predicted molar refractivity (Wildman–Crippen MR) is 65.2 cm³/mol. The number of halogens is 2. The molecule has 0 heterocycles. The third kappa shape index (κ3) is 4.42. The fourth-order valence-electron chi connectivity index (χ4n) is 1.48. The van der Waals surface area contributed by atoms with E-state index in [1.807, 2.05) is 0 Å². The molecule has 7 heteroatoms. The van der Waals surface area contributed by atoms with Crippen molar-refractivity contribution in [1.29, 1.82) is 0 Å². The van der Waals surface area contributed by atoms with E-state index >= 15 is 0 Å². The van der Waals surface area contributed by atoms with Gasteiger partial charge in [0.1, 0.15) is 11.8 Å². The normalized spacial score (nSPS) is 11.8. The average Bonchev–Trinajstić information content (AvgIpc) is 2.36. The van der Waals surface area contributed by atoms with Gasteiger partial charge in [0.15, 0.2) is 11.6 Å². The van der Waals surface area contributed by atoms with Crippen molar-refractivity contribution in [2.75, 3.05) is 0 Å². The zero-order valence-corrected chi connectivity index (χ0v) is 10.7. The summed E-state index contributed by atoms with van der Waals surface area (Å²) in [6.07, 6.45) is -0.0743. The second-order valence-electron chi connectivity index (χ2n) is 4.23. The van der Waals surface area contributed by atoms with Gasteiger partial charge in [0.25, 0.3) is 5.91 Å². The van der Waals surface area contributed by atoms with Crippen LogP contribution in [-0.4, -0.2) is 28.8 Å². The highest BCUT2D eigenvalue weighted by atomic mass is 19.2. The van der Waals surface area contributed by atoms with Gasteiger partial charge < -0.3 is 15.2 Å². The number of carboxylic acid groups (broad SMARTS) is 1. The van der Waals surface area contributed by atoms with E-state index in [0.717, 1.165) is 12.1 Å². The van der Waals surface area contributed by atoms with Crippen molar-refractivity contribution in [3.63, 3.8) is 0 Å². The SMILES string of the molecule is CC(=O)CC[C@@H](NC(=O)c1ccc(F)c(F)c1)C(=O)O. The standard InChI is InChI=1S/C13H13F2NO4/c1-7(17)2-5-11(13(19)20)16-12(18)8-3-4-9(14)10(15)6-8/h3-4,6,11H,2,5H2,1H3,(H,16,18)(H,19,20)/t11-/m1/s1. The van der Waals surface area contributed by atoms with Gasteiger partial charge in [0.05, 0.1) is 0 Å². The van der Waals surface area contributed by atoms with Crippen molar-refractivity contribution in [2.24, 2.45) is 0 Å². The number of carboxylic acids is 1. The number of nitrogens with one attached hydrogen (secondary N) is 1. The molecular formula is C13H13F2NO4. The molecule has 1 amide bonds. The summed E-state index contributed by atoms with van der Waals surface area (Å²) in [4.78, 5) is 33.5. The van der Waals surface area contributed by atoms with Gasteiger partial charge in [-0.2, -0.15) is 0 Å². The van der Waals surface area contributed by atoms with E-state index in [-0.39, 0.29) is 24.2 Å². The van der Waals surface area contributed by atoms with Gasteiger partial charge in [-0.05, 0) is 31.5 Å². The summed E-state index contributed by atoms with van der Waals surface area (Å²) >= 11 is 0. The molecule has 1 atom stereocenters. The minimum absolute atomic E-state index is 0.00493. The second kappa shape index (κ2) is 6.74. The quantitative estimate of drug-likeness (QED) is 0.830. The molecule has 0 fully saturated rings. The number of carbonyl (C=O) groups excluding carboxylic acids is 2. The highest BCUT2D eigenvalue weighted by Crippen LogP contribution is 2.09. The Hall–Kier alpha value is -2.31. The Morgan fingerprint density at radius 1 is 1.25 bits per heavy atom. The van der Waals surface area contributed by atoms with Crippen molar-refractivity contribution in [3.8, 4) is 0 Å². The molecule has 20 heavy (non-hydrogen) atoms. The lowest BCUT2D eigenvalue weighted by atomic mass is 10.1. The Kier molecular flexibility index (Phi) is 5.31. The lowest BCUT2D eigenvalue weighted by molar-refractivity contribution is -0.139. The van der Waals surface area contributed by atoms with E-state index in [1.165, 1.54) is 6.92 Å². The van der Waals surface area contributed by atoms with Crippen LogP contribution in [0.1, 0.15) is 30.1 Å². The van der Waals surface area contributed by atoms with Crippen LogP contribution < -0.4 is 5.32 Å². The number of Topliss-reactive ketones (excluding diaryl/α,β-unsaturated/α-hetero) is 1. The van der Waals surface area contributed by atoms with Crippen LogP contribution in [0.25, 0.3) is 0 Å². The minimum Gasteiger partial charge on any atom is -0.480 e. The Morgan fingerprint density at radius 3 is 2.40 bits per heavy atom. The van der Waals surface area contributed by atoms with Crippen LogP contribution in [0.4, 0.5) is 8.78 Å². The summed E-state index contributed by atoms with van der Waals surface area (Å²) in [5, 5.41) is 11.1. The van der Waals surface area contributed by atoms with Gasteiger partial charge in [0, 0.05) is 12.0 Å². The summed E-state index contributed by atoms with van der Waals surface area (Å²) in [6.45, 7) is 1.30. The van der Waals surface area contributed by atoms with E-state index in [0.29, 0.717) is 6.07 Å². The van der Waals surface area contributed by atoms with Gasteiger partial charge in [0.2, 0.25) is 0 Å². The van der Waals surface area contributed by atoms with Crippen LogP contribution in [0.15, 0.2) is 18.2 Å². The number of hydrogen-bond donors (Lipinski definition) is 2. The summed E-state index contributed by atoms with van der Waals surface area (Å²) in [7, 11) is 0. The molecule has 1 aromatic carbocycles. The van der Waals surface area contributed by atoms with E-state index < -0.39 is 29.6 Å². The molecule has 0 aliphatic carbocycles. The molecule has 0 radical (unpaired) electrons. The van der Waals surface area contributed by atoms with Crippen molar-refractivity contribution in [3.05, 3.63) is 35.4 Å². The average molecular weight is 285 g/mol. The van der Waals surface area contributed by atoms with Crippen molar-refractivity contribution in [1.82, 2.24) is 5.32 Å². The van der Waals surface area contributed by atoms with Crippen LogP contribution in [0.3, 0.4) is 0 Å². The van der Waals surface area contributed by atoms with Crippen molar-refractivity contribution in [2.45, 2.75) is 25.8 Å². The number of rotatable bonds is 6. The van der Waals surface area contributed by atoms with Gasteiger partial charge >= 0.3 is 5.97 Å². The Labute approximate surface area is 113 Å². The molecule has 0 saturated carbocycles. The van der Waals surface area contributed by atoms with Gasteiger partial charge in [-0.3, -0.25) is 4.79 Å². The van der Waals surface area contributed by atoms with Gasteiger partial charge in [-0.15, -0.1) is 0 Å². The molecule has 0 spiro atoms. The lowest BCUT2D eigenvalue weighted by Gasteiger charge is -2.13. The molecule has 0 saturated heterocycles. The molecule has 0 bridgehead atoms. The fourth-order valence-corrected chi connectivity index (χ4v) is 1.48. The third-order valence-electron chi connectivity index (χ3n) is 2.57. The van der Waals surface area contributed by atoms with Crippen LogP contribution in [0.2, 0.25) is 0 Å². The first kappa shape index (κ1) is 15.7. The van der Waals surface area contributed by atoms with E-state index in [1.54, 1.807) is 0 Å². The predicted octanol–water partition coefficient (Wildman–Crippen LogP) is 1.52. The summed E-state index contributed by atoms with van der Waals surface area (Å²) < 4.78 is 25.7. The third-order valence-corrected chi connectivity index (χ3v) is 2.57. The summed E-state index contributed by atoms with van der Waals surface area (Å²) in [5.41, 5.74) is -0.196. The highest BCUT2D eigenvalue weighted by molar-refractivity contribution is 5.96. The number of ketones is 1. The molecule has 1 rings (SSSR count). The molecule has 0 unspecified atom stereocenters. The van der Waals surface area contributed by atoms with E-state index in [9.17, 15) is 23.2 Å². The fraction of sp³-hybridized carbons (Fsp3) is 0.308. The zero-order chi connectivity index (χ0) is 15.3. The largest absolute Gasteiger partial charge is 0.480 e. The molecule has 108 valence electrons. The highest BCUT2D eigenvalue weighted by Gasteiger charge is 2.21. The molecule has 0 aromatic heterocycles. The molecular weight excluding hydrogens is 272 g/mol. The van der Waals surface area contributed by atoms with Crippen LogP contribution >= 0.6 is 0 Å². The van der Waals surface area contributed by atoms with Crippen molar-refractivity contribution < 1.29 is 28.3 Å². The van der Waals surface area contributed by atoms with Gasteiger partial charge in [-0.1, -0.05) is 0 Å². The zero-order valence-electron chi connectivity index (χ0n) is 10.7. The number of benzene rings is 1. The molecule has 1 aromatic rings. The van der Waals surface area contributed by atoms with Crippen LogP contribution in [0.5, 0.6) is 0 Å². The number of aliphatic carboxylic acids is 1. The van der Waals surface area contributed by atoms with Crippen LogP contribution in [0, 0.1) is 11.6 Å². The maximum atomic E-state index is 13.0. The molecule has 0 aliphatic heterocycles. The van der Waals surface area contributed by atoms with E-state index in [2.05, 4.69) is 5.32 Å². The topological polar surface area (TPSA) is 83.5 Å². The summed E-state index contributed by atoms with van der Waals surface area (Å²) in [5.74, 6) is -4.67. The monoisotopic (exact) mass is 285 g/mol.